The molecule has 0 heterocycles. The van der Waals surface area contributed by atoms with Crippen LogP contribution >= 0.6 is 0 Å². The van der Waals surface area contributed by atoms with Crippen molar-refractivity contribution in [1.82, 2.24) is 5.43 Å². The van der Waals surface area contributed by atoms with Gasteiger partial charge >= 0.3 is 0 Å². The van der Waals surface area contributed by atoms with Gasteiger partial charge in [-0.1, -0.05) is 40.0 Å². The van der Waals surface area contributed by atoms with Crippen LogP contribution in [0.25, 0.3) is 0 Å². The van der Waals surface area contributed by atoms with Crippen LogP contribution in [0.15, 0.2) is 5.10 Å². The molecular weight excluding hydrogens is 174 g/mol. The lowest BCUT2D eigenvalue weighted by Gasteiger charge is -2.27. The first-order valence-electron chi connectivity index (χ1n) is 5.61. The van der Waals surface area contributed by atoms with Gasteiger partial charge in [0, 0.05) is 12.5 Å². The average molecular weight is 199 g/mol. The lowest BCUT2D eigenvalue weighted by atomic mass is 9.81. The van der Waals surface area contributed by atoms with Crippen LogP contribution < -0.4 is 11.2 Å². The first-order valence-corrected chi connectivity index (χ1v) is 5.61. The standard InChI is InChI=1S/C11H25N3/c1-5-7-8-9-11(3,6-2)10(12)14-13-4/h13H,5-9H2,1-4H3,(H2,12,14). The van der Waals surface area contributed by atoms with Crippen molar-refractivity contribution in [3.63, 3.8) is 0 Å². The van der Waals surface area contributed by atoms with Gasteiger partial charge in [-0.05, 0) is 12.8 Å². The maximum atomic E-state index is 5.94. The molecule has 0 aliphatic rings. The fraction of sp³-hybridized carbons (Fsp3) is 0.909. The third-order valence-corrected chi connectivity index (χ3v) is 2.96. The predicted octanol–water partition coefficient (Wildman–Crippen LogP) is 2.47. The molecule has 0 rings (SSSR count). The smallest absolute Gasteiger partial charge is 0.125 e. The van der Waals surface area contributed by atoms with Gasteiger partial charge in [0.25, 0.3) is 0 Å². The SMILES string of the molecule is CCCCCC(C)(CC)/C(N)=N/NC. The third kappa shape index (κ3) is 3.99. The van der Waals surface area contributed by atoms with E-state index in [0.29, 0.717) is 0 Å². The summed E-state index contributed by atoms with van der Waals surface area (Å²) in [5.74, 6) is 0.735. The van der Waals surface area contributed by atoms with Crippen LogP contribution in [0, 0.1) is 5.41 Å². The van der Waals surface area contributed by atoms with Crippen molar-refractivity contribution in [1.29, 1.82) is 0 Å². The summed E-state index contributed by atoms with van der Waals surface area (Å²) in [7, 11) is 1.79. The number of hydrogen-bond donors (Lipinski definition) is 2. The van der Waals surface area contributed by atoms with Gasteiger partial charge in [-0.15, -0.1) is 0 Å². The maximum Gasteiger partial charge on any atom is 0.125 e. The summed E-state index contributed by atoms with van der Waals surface area (Å²) < 4.78 is 0. The zero-order chi connectivity index (χ0) is 11.0. The van der Waals surface area contributed by atoms with Crippen molar-refractivity contribution in [3.8, 4) is 0 Å². The molecule has 0 spiro atoms. The monoisotopic (exact) mass is 199 g/mol. The number of nitrogens with two attached hydrogens (primary N) is 1. The van der Waals surface area contributed by atoms with Gasteiger partial charge in [-0.25, -0.2) is 0 Å². The van der Waals surface area contributed by atoms with Gasteiger partial charge in [0.05, 0.1) is 0 Å². The van der Waals surface area contributed by atoms with E-state index >= 15 is 0 Å². The summed E-state index contributed by atoms with van der Waals surface area (Å²) in [6.07, 6.45) is 5.95. The summed E-state index contributed by atoms with van der Waals surface area (Å²) in [6, 6.07) is 0. The summed E-state index contributed by atoms with van der Waals surface area (Å²) in [4.78, 5) is 0. The molecule has 0 aromatic carbocycles. The van der Waals surface area contributed by atoms with Crippen molar-refractivity contribution in [2.45, 2.75) is 52.9 Å². The zero-order valence-corrected chi connectivity index (χ0v) is 10.1. The normalized spacial score (nSPS) is 16.4. The zero-order valence-electron chi connectivity index (χ0n) is 10.1. The van der Waals surface area contributed by atoms with E-state index in [4.69, 9.17) is 5.73 Å². The number of hydrazone groups is 1. The Morgan fingerprint density at radius 3 is 2.43 bits per heavy atom. The molecule has 0 radical (unpaired) electrons. The van der Waals surface area contributed by atoms with Gasteiger partial charge in [0.15, 0.2) is 0 Å². The summed E-state index contributed by atoms with van der Waals surface area (Å²) in [5, 5.41) is 4.09. The number of unbranched alkanes of at least 4 members (excludes halogenated alkanes) is 2. The molecular formula is C11H25N3. The van der Waals surface area contributed by atoms with Crippen LogP contribution in [0.1, 0.15) is 52.9 Å². The number of rotatable bonds is 7. The molecule has 0 aliphatic carbocycles. The second-order valence-electron chi connectivity index (χ2n) is 4.09. The Labute approximate surface area is 88.1 Å². The number of nitrogens with one attached hydrogen (secondary N) is 1. The van der Waals surface area contributed by atoms with E-state index in [1.165, 1.54) is 19.3 Å². The van der Waals surface area contributed by atoms with Crippen LogP contribution in [0.3, 0.4) is 0 Å². The number of nitrogens with zero attached hydrogens (tertiary/aromatic N) is 1. The summed E-state index contributed by atoms with van der Waals surface area (Å²) >= 11 is 0. The molecule has 0 aromatic heterocycles. The van der Waals surface area contributed by atoms with Crippen molar-refractivity contribution in [2.75, 3.05) is 7.05 Å². The molecule has 84 valence electrons. The van der Waals surface area contributed by atoms with E-state index in [1.807, 2.05) is 0 Å². The minimum atomic E-state index is 0.0676. The van der Waals surface area contributed by atoms with Crippen LogP contribution in [0.5, 0.6) is 0 Å². The maximum absolute atomic E-state index is 5.94. The fourth-order valence-corrected chi connectivity index (χ4v) is 1.51. The Balaban J connectivity index is 4.23. The molecule has 0 fully saturated rings. The molecule has 1 atom stereocenters. The van der Waals surface area contributed by atoms with Crippen molar-refractivity contribution in [2.24, 2.45) is 16.3 Å². The Morgan fingerprint density at radius 1 is 1.36 bits per heavy atom. The molecule has 3 N–H and O–H groups in total. The van der Waals surface area contributed by atoms with Crippen LogP contribution in [0.2, 0.25) is 0 Å². The minimum absolute atomic E-state index is 0.0676. The van der Waals surface area contributed by atoms with Crippen LogP contribution in [-0.4, -0.2) is 12.9 Å². The van der Waals surface area contributed by atoms with E-state index in [0.717, 1.165) is 18.7 Å². The molecule has 0 aliphatic heterocycles. The third-order valence-electron chi connectivity index (χ3n) is 2.96. The van der Waals surface area contributed by atoms with Gasteiger partial charge < -0.3 is 11.2 Å². The highest BCUT2D eigenvalue weighted by molar-refractivity contribution is 5.85. The second kappa shape index (κ2) is 6.68. The Bertz CT molecular complexity index is 177. The van der Waals surface area contributed by atoms with Gasteiger partial charge in [0.2, 0.25) is 0 Å². The summed E-state index contributed by atoms with van der Waals surface area (Å²) in [5.41, 5.74) is 8.77. The Hall–Kier alpha value is -0.730. The number of hydrogen-bond acceptors (Lipinski definition) is 2. The highest BCUT2D eigenvalue weighted by Crippen LogP contribution is 2.28. The molecule has 3 nitrogen and oxygen atoms in total. The van der Waals surface area contributed by atoms with Crippen molar-refractivity contribution in [3.05, 3.63) is 0 Å². The molecule has 14 heavy (non-hydrogen) atoms. The average Bonchev–Trinajstić information content (AvgIpc) is 2.18. The molecule has 0 amide bonds. The van der Waals surface area contributed by atoms with Gasteiger partial charge in [-0.3, -0.25) is 0 Å². The molecule has 0 saturated heterocycles. The molecule has 1 unspecified atom stereocenters. The Kier molecular flexibility index (Phi) is 6.34. The molecule has 0 saturated carbocycles. The van der Waals surface area contributed by atoms with E-state index in [2.05, 4.69) is 31.3 Å². The predicted molar refractivity (Wildman–Crippen MR) is 63.2 cm³/mol. The Morgan fingerprint density at radius 2 is 2.00 bits per heavy atom. The highest BCUT2D eigenvalue weighted by Gasteiger charge is 2.26. The lowest BCUT2D eigenvalue weighted by molar-refractivity contribution is 0.386. The van der Waals surface area contributed by atoms with Gasteiger partial charge in [-0.2, -0.15) is 5.10 Å². The fourth-order valence-electron chi connectivity index (χ4n) is 1.51. The quantitative estimate of drug-likeness (QED) is 0.286. The van der Waals surface area contributed by atoms with Crippen molar-refractivity contribution < 1.29 is 0 Å². The van der Waals surface area contributed by atoms with Gasteiger partial charge in [0.1, 0.15) is 5.84 Å². The minimum Gasteiger partial charge on any atom is -0.385 e. The van der Waals surface area contributed by atoms with Crippen LogP contribution in [-0.2, 0) is 0 Å². The van der Waals surface area contributed by atoms with Crippen LogP contribution in [0.4, 0.5) is 0 Å². The molecule has 3 heteroatoms. The molecule has 0 aromatic rings. The summed E-state index contributed by atoms with van der Waals surface area (Å²) in [6.45, 7) is 6.58. The largest absolute Gasteiger partial charge is 0.385 e. The van der Waals surface area contributed by atoms with E-state index < -0.39 is 0 Å². The lowest BCUT2D eigenvalue weighted by Crippen LogP contribution is -2.35. The van der Waals surface area contributed by atoms with E-state index in [9.17, 15) is 0 Å². The topological polar surface area (TPSA) is 50.4 Å². The first-order chi connectivity index (χ1) is 6.60. The second-order valence-corrected chi connectivity index (χ2v) is 4.09. The molecule has 0 bridgehead atoms. The van der Waals surface area contributed by atoms with E-state index in [-0.39, 0.29) is 5.41 Å². The first kappa shape index (κ1) is 13.3. The van der Waals surface area contributed by atoms with E-state index in [1.54, 1.807) is 7.05 Å². The van der Waals surface area contributed by atoms with Crippen molar-refractivity contribution >= 4 is 5.84 Å². The number of amidine groups is 1. The highest BCUT2D eigenvalue weighted by atomic mass is 15.3.